The molecule has 1 aromatic heterocycles. The lowest BCUT2D eigenvalue weighted by Crippen LogP contribution is -2.26. The second-order valence-electron chi connectivity index (χ2n) is 3.66. The van der Waals surface area contributed by atoms with E-state index in [1.54, 1.807) is 60.7 Å². The van der Waals surface area contributed by atoms with E-state index in [4.69, 9.17) is 5.73 Å². The third kappa shape index (κ3) is 2.25. The van der Waals surface area contributed by atoms with E-state index < -0.39 is 0 Å². The number of hydrogen-bond acceptors (Lipinski definition) is 3. The number of anilines is 2. The number of carbonyl (C=O) groups excluding carboxylic acids is 1. The van der Waals surface area contributed by atoms with Gasteiger partial charge in [-0.05, 0) is 24.3 Å². The van der Waals surface area contributed by atoms with Gasteiger partial charge in [0.2, 0.25) is 0 Å². The summed E-state index contributed by atoms with van der Waals surface area (Å²) in [5.74, 6) is -0.130. The van der Waals surface area contributed by atoms with Crippen molar-refractivity contribution in [3.8, 4) is 0 Å². The van der Waals surface area contributed by atoms with Crippen LogP contribution in [0.3, 0.4) is 0 Å². The minimum atomic E-state index is -0.130. The van der Waals surface area contributed by atoms with Crippen molar-refractivity contribution in [2.45, 2.75) is 0 Å². The van der Waals surface area contributed by atoms with Crippen LogP contribution in [0.15, 0.2) is 48.8 Å². The van der Waals surface area contributed by atoms with Crippen molar-refractivity contribution in [2.24, 2.45) is 0 Å². The Hall–Kier alpha value is -2.36. The predicted molar refractivity (Wildman–Crippen MR) is 67.8 cm³/mol. The highest BCUT2D eigenvalue weighted by atomic mass is 16.2. The molecule has 0 fully saturated rings. The molecule has 2 N–H and O–H groups in total. The molecule has 1 amide bonds. The van der Waals surface area contributed by atoms with Crippen molar-refractivity contribution in [2.75, 3.05) is 17.7 Å². The van der Waals surface area contributed by atoms with Crippen LogP contribution < -0.4 is 10.6 Å². The molecule has 0 saturated carbocycles. The normalized spacial score (nSPS) is 9.94. The lowest BCUT2D eigenvalue weighted by Gasteiger charge is -2.17. The average Bonchev–Trinajstić information content (AvgIpc) is 2.39. The summed E-state index contributed by atoms with van der Waals surface area (Å²) in [7, 11) is 1.71. The van der Waals surface area contributed by atoms with E-state index in [1.165, 1.54) is 0 Å². The van der Waals surface area contributed by atoms with E-state index in [-0.39, 0.29) is 5.91 Å². The van der Waals surface area contributed by atoms with Gasteiger partial charge in [-0.2, -0.15) is 0 Å². The molecule has 0 aliphatic rings. The Labute approximate surface area is 99.7 Å². The Morgan fingerprint density at radius 3 is 2.47 bits per heavy atom. The van der Waals surface area contributed by atoms with Gasteiger partial charge in [-0.1, -0.05) is 12.1 Å². The fourth-order valence-corrected chi connectivity index (χ4v) is 1.56. The highest BCUT2D eigenvalue weighted by Crippen LogP contribution is 2.17. The van der Waals surface area contributed by atoms with Crippen LogP contribution in [0.1, 0.15) is 10.4 Å². The maximum Gasteiger partial charge on any atom is 0.260 e. The maximum atomic E-state index is 12.2. The number of aromatic nitrogens is 1. The Bertz CT molecular complexity index is 525. The molecule has 17 heavy (non-hydrogen) atoms. The quantitative estimate of drug-likeness (QED) is 0.797. The van der Waals surface area contributed by atoms with E-state index in [1.807, 2.05) is 0 Å². The van der Waals surface area contributed by atoms with E-state index in [2.05, 4.69) is 4.98 Å². The number of rotatable bonds is 2. The first-order chi connectivity index (χ1) is 8.20. The number of pyridine rings is 1. The van der Waals surface area contributed by atoms with E-state index in [0.717, 1.165) is 5.69 Å². The van der Waals surface area contributed by atoms with Crippen molar-refractivity contribution in [1.82, 2.24) is 4.98 Å². The molecule has 0 aliphatic heterocycles. The first-order valence-corrected chi connectivity index (χ1v) is 5.22. The number of para-hydroxylation sites is 1. The van der Waals surface area contributed by atoms with Gasteiger partial charge in [0.1, 0.15) is 0 Å². The molecule has 1 heterocycles. The molecule has 0 bridgehead atoms. The Balaban J connectivity index is 2.30. The van der Waals surface area contributed by atoms with E-state index in [0.29, 0.717) is 11.3 Å². The first kappa shape index (κ1) is 11.1. The highest BCUT2D eigenvalue weighted by molar-refractivity contribution is 6.08. The molecule has 0 aliphatic carbocycles. The number of benzene rings is 1. The molecule has 0 radical (unpaired) electrons. The van der Waals surface area contributed by atoms with Gasteiger partial charge in [-0.25, -0.2) is 0 Å². The van der Waals surface area contributed by atoms with E-state index >= 15 is 0 Å². The number of nitrogens with zero attached hydrogens (tertiary/aromatic N) is 2. The molecule has 2 aromatic rings. The maximum absolute atomic E-state index is 12.2. The third-order valence-electron chi connectivity index (χ3n) is 2.55. The summed E-state index contributed by atoms with van der Waals surface area (Å²) in [6, 6.07) is 10.6. The second-order valence-corrected chi connectivity index (χ2v) is 3.66. The zero-order chi connectivity index (χ0) is 12.3. The predicted octanol–water partition coefficient (Wildman–Crippen LogP) is 1.94. The number of nitrogen functional groups attached to an aromatic ring is 1. The summed E-state index contributed by atoms with van der Waals surface area (Å²) in [6.45, 7) is 0. The van der Waals surface area contributed by atoms with Crippen LogP contribution in [0.25, 0.3) is 0 Å². The molecule has 4 heteroatoms. The lowest BCUT2D eigenvalue weighted by atomic mass is 10.1. The molecule has 86 valence electrons. The summed E-state index contributed by atoms with van der Waals surface area (Å²) in [6.07, 6.45) is 3.29. The fourth-order valence-electron chi connectivity index (χ4n) is 1.56. The first-order valence-electron chi connectivity index (χ1n) is 5.22. The van der Waals surface area contributed by atoms with Crippen molar-refractivity contribution >= 4 is 17.3 Å². The highest BCUT2D eigenvalue weighted by Gasteiger charge is 2.15. The summed E-state index contributed by atoms with van der Waals surface area (Å²) in [5, 5.41) is 0. The van der Waals surface area contributed by atoms with Gasteiger partial charge in [-0.15, -0.1) is 0 Å². The van der Waals surface area contributed by atoms with Crippen molar-refractivity contribution in [3.05, 3.63) is 54.4 Å². The number of carbonyl (C=O) groups is 1. The van der Waals surface area contributed by atoms with Gasteiger partial charge >= 0.3 is 0 Å². The molecule has 0 saturated heterocycles. The molecule has 0 spiro atoms. The minimum absolute atomic E-state index is 0.130. The van der Waals surface area contributed by atoms with Crippen molar-refractivity contribution < 1.29 is 4.79 Å². The molecule has 4 nitrogen and oxygen atoms in total. The largest absolute Gasteiger partial charge is 0.398 e. The second kappa shape index (κ2) is 4.65. The van der Waals surface area contributed by atoms with Crippen molar-refractivity contribution in [1.29, 1.82) is 0 Å². The van der Waals surface area contributed by atoms with Crippen LogP contribution in [-0.2, 0) is 0 Å². The van der Waals surface area contributed by atoms with Crippen molar-refractivity contribution in [3.63, 3.8) is 0 Å². The van der Waals surface area contributed by atoms with Gasteiger partial charge in [0.15, 0.2) is 0 Å². The van der Waals surface area contributed by atoms with Gasteiger partial charge in [0, 0.05) is 30.8 Å². The van der Waals surface area contributed by atoms with Gasteiger partial charge < -0.3 is 10.6 Å². The SMILES string of the molecule is CN(C(=O)c1ccccc1N)c1ccncc1. The fraction of sp³-hybridized carbons (Fsp3) is 0.0769. The Morgan fingerprint density at radius 1 is 1.18 bits per heavy atom. The standard InChI is InChI=1S/C13H13N3O/c1-16(10-6-8-15-9-7-10)13(17)11-4-2-3-5-12(11)14/h2-9H,14H2,1H3. The molecule has 1 aromatic carbocycles. The molecule has 0 unspecified atom stereocenters. The average molecular weight is 227 g/mol. The third-order valence-corrected chi connectivity index (χ3v) is 2.55. The summed E-state index contributed by atoms with van der Waals surface area (Å²) >= 11 is 0. The topological polar surface area (TPSA) is 59.2 Å². The summed E-state index contributed by atoms with van der Waals surface area (Å²) in [5.41, 5.74) is 7.55. The van der Waals surface area contributed by atoms with Gasteiger partial charge in [-0.3, -0.25) is 9.78 Å². The molecule has 2 rings (SSSR count). The van der Waals surface area contributed by atoms with Gasteiger partial charge in [0.25, 0.3) is 5.91 Å². The van der Waals surface area contributed by atoms with Gasteiger partial charge in [0.05, 0.1) is 5.56 Å². The van der Waals surface area contributed by atoms with Crippen LogP contribution in [-0.4, -0.2) is 17.9 Å². The van der Waals surface area contributed by atoms with Crippen LogP contribution in [0.4, 0.5) is 11.4 Å². The zero-order valence-corrected chi connectivity index (χ0v) is 9.50. The number of hydrogen-bond donors (Lipinski definition) is 1. The smallest absolute Gasteiger partial charge is 0.260 e. The van der Waals surface area contributed by atoms with Crippen LogP contribution >= 0.6 is 0 Å². The Morgan fingerprint density at radius 2 is 1.82 bits per heavy atom. The summed E-state index contributed by atoms with van der Waals surface area (Å²) in [4.78, 5) is 17.7. The number of nitrogens with two attached hydrogens (primary N) is 1. The molecule has 0 atom stereocenters. The van der Waals surface area contributed by atoms with E-state index in [9.17, 15) is 4.79 Å². The molecular formula is C13H13N3O. The Kier molecular flexibility index (Phi) is 3.05. The molecular weight excluding hydrogens is 214 g/mol. The van der Waals surface area contributed by atoms with Crippen LogP contribution in [0.2, 0.25) is 0 Å². The lowest BCUT2D eigenvalue weighted by molar-refractivity contribution is 0.0994. The number of amides is 1. The zero-order valence-electron chi connectivity index (χ0n) is 9.50. The van der Waals surface area contributed by atoms with Crippen LogP contribution in [0, 0.1) is 0 Å². The minimum Gasteiger partial charge on any atom is -0.398 e. The monoisotopic (exact) mass is 227 g/mol. The summed E-state index contributed by atoms with van der Waals surface area (Å²) < 4.78 is 0. The van der Waals surface area contributed by atoms with Crippen LogP contribution in [0.5, 0.6) is 0 Å².